The number of amides is 4. The van der Waals surface area contributed by atoms with Gasteiger partial charge in [-0.2, -0.15) is 0 Å². The highest BCUT2D eigenvalue weighted by Gasteiger charge is 2.33. The molecule has 0 radical (unpaired) electrons. The fraction of sp³-hybridized carbons (Fsp3) is 0.649. The maximum absolute atomic E-state index is 11.7. The average molecular weight is 693 g/mol. The lowest BCUT2D eigenvalue weighted by Crippen LogP contribution is -2.34. The van der Waals surface area contributed by atoms with Gasteiger partial charge in [0.1, 0.15) is 0 Å². The summed E-state index contributed by atoms with van der Waals surface area (Å²) in [5.41, 5.74) is 6.62. The van der Waals surface area contributed by atoms with Gasteiger partial charge in [-0.15, -0.1) is 6.58 Å². The molecule has 12 heteroatoms. The van der Waals surface area contributed by atoms with Crippen molar-refractivity contribution in [3.63, 3.8) is 0 Å². The van der Waals surface area contributed by atoms with Crippen molar-refractivity contribution in [3.05, 3.63) is 48.0 Å². The molecule has 1 saturated heterocycles. The van der Waals surface area contributed by atoms with E-state index in [1.165, 1.54) is 42.6 Å². The minimum Gasteiger partial charge on any atom is -0.468 e. The number of unbranched alkanes of at least 4 members (excludes halogenated alkanes) is 3. The normalized spacial score (nSPS) is 18.1. The minimum atomic E-state index is -0.825. The van der Waals surface area contributed by atoms with Gasteiger partial charge < -0.3 is 35.4 Å². The van der Waals surface area contributed by atoms with Gasteiger partial charge in [0, 0.05) is 45.2 Å². The van der Waals surface area contributed by atoms with Crippen LogP contribution in [-0.4, -0.2) is 90.7 Å². The van der Waals surface area contributed by atoms with E-state index in [1.807, 2.05) is 45.0 Å². The Hall–Kier alpha value is -3.93. The number of carbonyl (C=O) groups is 5. The van der Waals surface area contributed by atoms with Crippen LogP contribution in [0, 0.1) is 5.92 Å². The fourth-order valence-corrected chi connectivity index (χ4v) is 4.63. The number of nitrogens with two attached hydrogens (primary N) is 1. The molecular formula is C37H64N4O8. The summed E-state index contributed by atoms with van der Waals surface area (Å²) in [5, 5.41) is 11.5. The number of ether oxygens (including phenoxy) is 2. The van der Waals surface area contributed by atoms with E-state index < -0.39 is 6.09 Å². The Morgan fingerprint density at radius 2 is 1.69 bits per heavy atom. The molecule has 2 fully saturated rings. The molecule has 2 heterocycles. The molecule has 1 aromatic rings. The molecule has 0 bridgehead atoms. The number of likely N-dealkylation sites (tertiary alicyclic amines) is 1. The number of carbonyl (C=O) groups excluding carboxylic acids is 4. The highest BCUT2D eigenvalue weighted by Crippen LogP contribution is 2.30. The van der Waals surface area contributed by atoms with Gasteiger partial charge in [-0.1, -0.05) is 56.5 Å². The average Bonchev–Trinajstić information content (AvgIpc) is 3.70. The van der Waals surface area contributed by atoms with E-state index in [0.717, 1.165) is 44.2 Å². The zero-order valence-corrected chi connectivity index (χ0v) is 31.0. The quantitative estimate of drug-likeness (QED) is 0.159. The van der Waals surface area contributed by atoms with Crippen molar-refractivity contribution >= 4 is 31.3 Å². The van der Waals surface area contributed by atoms with Crippen molar-refractivity contribution in [2.24, 2.45) is 11.7 Å². The zero-order valence-electron chi connectivity index (χ0n) is 31.0. The molecule has 12 nitrogen and oxygen atoms in total. The second-order valence-corrected chi connectivity index (χ2v) is 12.6. The maximum atomic E-state index is 11.7. The molecule has 49 heavy (non-hydrogen) atoms. The number of primary amides is 1. The number of benzene rings is 1. The summed E-state index contributed by atoms with van der Waals surface area (Å²) in [6, 6.07) is 8.89. The molecule has 3 atom stereocenters. The Kier molecular flexibility index (Phi) is 28.0. The van der Waals surface area contributed by atoms with Crippen molar-refractivity contribution in [1.29, 1.82) is 0 Å². The van der Waals surface area contributed by atoms with Crippen molar-refractivity contribution < 1.29 is 38.6 Å². The van der Waals surface area contributed by atoms with Crippen LogP contribution in [0.25, 0.3) is 0 Å². The molecule has 4 amide bonds. The highest BCUT2D eigenvalue weighted by molar-refractivity contribution is 5.76. The second-order valence-electron chi connectivity index (χ2n) is 12.6. The number of fused-ring (bicyclic) bond motifs is 1. The van der Waals surface area contributed by atoms with Crippen molar-refractivity contribution in [3.8, 4) is 0 Å². The van der Waals surface area contributed by atoms with Gasteiger partial charge in [-0.25, -0.2) is 4.79 Å². The van der Waals surface area contributed by atoms with Gasteiger partial charge >= 0.3 is 6.09 Å². The molecule has 1 aromatic carbocycles. The molecule has 0 spiro atoms. The third-order valence-electron chi connectivity index (χ3n) is 7.79. The van der Waals surface area contributed by atoms with E-state index in [-0.39, 0.29) is 12.0 Å². The van der Waals surface area contributed by atoms with Crippen LogP contribution in [0.3, 0.4) is 0 Å². The van der Waals surface area contributed by atoms with Crippen LogP contribution in [0.1, 0.15) is 104 Å². The topological polar surface area (TPSA) is 169 Å². The summed E-state index contributed by atoms with van der Waals surface area (Å²) in [4.78, 5) is 53.5. The van der Waals surface area contributed by atoms with Gasteiger partial charge in [-0.05, 0) is 83.8 Å². The van der Waals surface area contributed by atoms with E-state index in [2.05, 4.69) is 47.2 Å². The Labute approximate surface area is 294 Å². The summed E-state index contributed by atoms with van der Waals surface area (Å²) in [7, 11) is 1.71. The largest absolute Gasteiger partial charge is 0.468 e. The van der Waals surface area contributed by atoms with Crippen LogP contribution in [0.5, 0.6) is 0 Å². The summed E-state index contributed by atoms with van der Waals surface area (Å²) < 4.78 is 9.09. The molecule has 3 aliphatic rings. The van der Waals surface area contributed by atoms with E-state index in [9.17, 15) is 19.2 Å². The molecule has 1 saturated carbocycles. The monoisotopic (exact) mass is 692 g/mol. The Morgan fingerprint density at radius 1 is 1.08 bits per heavy atom. The molecule has 2 aliphatic heterocycles. The summed E-state index contributed by atoms with van der Waals surface area (Å²) >= 11 is 0. The van der Waals surface area contributed by atoms with Crippen LogP contribution in [-0.2, 0) is 41.6 Å². The summed E-state index contributed by atoms with van der Waals surface area (Å²) in [6.07, 6.45) is 11.9. The van der Waals surface area contributed by atoms with E-state index in [4.69, 9.17) is 14.6 Å². The summed E-state index contributed by atoms with van der Waals surface area (Å²) in [6.45, 7) is 18.8. The molecule has 280 valence electrons. The molecule has 4 N–H and O–H groups in total. The van der Waals surface area contributed by atoms with Gasteiger partial charge in [0.2, 0.25) is 18.7 Å². The predicted molar refractivity (Wildman–Crippen MR) is 194 cm³/mol. The zero-order chi connectivity index (χ0) is 37.7. The lowest BCUT2D eigenvalue weighted by atomic mass is 10.0. The second kappa shape index (κ2) is 29.0. The van der Waals surface area contributed by atoms with Crippen molar-refractivity contribution in [2.45, 2.75) is 124 Å². The van der Waals surface area contributed by atoms with Crippen LogP contribution in [0.4, 0.5) is 4.79 Å². The summed E-state index contributed by atoms with van der Waals surface area (Å²) in [5.74, 6) is 0.923. The first-order valence-electron chi connectivity index (χ1n) is 17.2. The van der Waals surface area contributed by atoms with Crippen LogP contribution in [0.2, 0.25) is 0 Å². The maximum Gasteiger partial charge on any atom is 0.407 e. The first kappa shape index (κ1) is 47.2. The molecule has 1 aliphatic carbocycles. The Bertz CT molecular complexity index is 1060. The molecule has 2 unspecified atom stereocenters. The lowest BCUT2D eigenvalue weighted by molar-refractivity contribution is -0.132. The number of nitrogens with one attached hydrogen (secondary N) is 1. The Morgan fingerprint density at radius 3 is 2.10 bits per heavy atom. The van der Waals surface area contributed by atoms with E-state index in [1.54, 1.807) is 14.0 Å². The van der Waals surface area contributed by atoms with Gasteiger partial charge in [0.05, 0.1) is 12.2 Å². The Balaban J connectivity index is 0. The van der Waals surface area contributed by atoms with Crippen molar-refractivity contribution in [1.82, 2.24) is 15.1 Å². The number of hydrogen-bond donors (Lipinski definition) is 3. The van der Waals surface area contributed by atoms with Crippen LogP contribution < -0.4 is 11.1 Å². The van der Waals surface area contributed by atoms with Gasteiger partial charge in [0.25, 0.3) is 6.47 Å². The fourth-order valence-electron chi connectivity index (χ4n) is 4.63. The number of nitrogens with zero attached hydrogens (tertiary/aromatic N) is 2. The first-order valence-corrected chi connectivity index (χ1v) is 17.2. The predicted octanol–water partition coefficient (Wildman–Crippen LogP) is 5.71. The lowest BCUT2D eigenvalue weighted by Gasteiger charge is -2.26. The molecule has 4 rings (SSSR count). The van der Waals surface area contributed by atoms with Crippen molar-refractivity contribution in [2.75, 3.05) is 26.8 Å². The van der Waals surface area contributed by atoms with Gasteiger partial charge in [0.15, 0.2) is 0 Å². The smallest absolute Gasteiger partial charge is 0.407 e. The molecule has 0 aromatic heterocycles. The number of carboxylic acid groups (broad SMARTS) is 1. The number of methoxy groups -OCH3 is 1. The SMILES string of the molecule is C=C[C@@H]1CC1NC=O.CCCCCCC(=O)N1CCCC1C.CCOC=O.COC(C)(C)C.NC=O.O=C(O)N1CCc2ccccc2C1. The van der Waals surface area contributed by atoms with Crippen LogP contribution in [0.15, 0.2) is 36.9 Å². The molecular weight excluding hydrogens is 628 g/mol. The highest BCUT2D eigenvalue weighted by atomic mass is 16.5. The first-order chi connectivity index (χ1) is 23.3. The van der Waals surface area contributed by atoms with E-state index in [0.29, 0.717) is 50.1 Å². The van der Waals surface area contributed by atoms with Gasteiger partial charge in [-0.3, -0.25) is 19.2 Å². The minimum absolute atomic E-state index is 0.0417. The van der Waals surface area contributed by atoms with E-state index >= 15 is 0 Å². The third kappa shape index (κ3) is 24.8. The number of hydrogen-bond acceptors (Lipinski definition) is 7. The number of rotatable bonds is 10. The standard InChI is InChI=1S/C12H23NO.C10H11NO2.C6H9NO.C5H12O.C3H6O2.CH3NO/c1-3-4-5-6-9-12(14)13-10-7-8-11(13)2;12-10(13)11-6-5-8-3-1-2-4-9(8)7-11;1-2-5-3-6(5)7-4-8;1-5(2,3)6-4;1-2-5-3-4;2-1-3/h11H,3-10H2,1-2H3;1-4H,5-7H2,(H,12,13);2,4-6H,1,3H2,(H,7,8);1-4H3;3H,2H2,1H3;1H,(H2,2,3)/t;;5-,6?;;;/m..1.../s1. The van der Waals surface area contributed by atoms with Crippen LogP contribution >= 0.6 is 0 Å². The third-order valence-corrected chi connectivity index (χ3v) is 7.79.